The molecule has 0 radical (unpaired) electrons. The Morgan fingerprint density at radius 3 is 2.50 bits per heavy atom. The largest absolute Gasteiger partial charge is 0.282 e. The summed E-state index contributed by atoms with van der Waals surface area (Å²) in [5.74, 6) is 0.520. The van der Waals surface area contributed by atoms with Crippen LogP contribution in [0.4, 0.5) is 0 Å². The number of rotatable bonds is 5. The Balaban J connectivity index is 2.47. The first-order valence-corrected chi connectivity index (χ1v) is 8.09. The molecule has 0 bridgehead atoms. The van der Waals surface area contributed by atoms with Gasteiger partial charge in [-0.05, 0) is 24.4 Å². The zero-order valence-electron chi connectivity index (χ0n) is 11.3. The van der Waals surface area contributed by atoms with Gasteiger partial charge in [0.25, 0.3) is 0 Å². The highest BCUT2D eigenvalue weighted by molar-refractivity contribution is 7.89. The molecule has 108 valence electrons. The lowest BCUT2D eigenvalue weighted by atomic mass is 10.2. The van der Waals surface area contributed by atoms with Gasteiger partial charge < -0.3 is 0 Å². The molecule has 0 atom stereocenters. The van der Waals surface area contributed by atoms with Gasteiger partial charge in [-0.3, -0.25) is 10.2 Å². The van der Waals surface area contributed by atoms with Crippen LogP contribution in [0.15, 0.2) is 29.2 Å². The molecule has 0 unspecified atom stereocenters. The number of hydrogen-bond acceptors (Lipinski definition) is 4. The van der Waals surface area contributed by atoms with Gasteiger partial charge in [-0.25, -0.2) is 8.42 Å². The van der Waals surface area contributed by atoms with Crippen molar-refractivity contribution in [1.29, 1.82) is 0 Å². The van der Waals surface area contributed by atoms with Crippen LogP contribution in [-0.2, 0) is 10.0 Å². The van der Waals surface area contributed by atoms with Crippen molar-refractivity contribution in [2.75, 3.05) is 13.1 Å². The van der Waals surface area contributed by atoms with Gasteiger partial charge in [-0.15, -0.1) is 0 Å². The topological polar surface area (TPSA) is 81.8 Å². The fourth-order valence-electron chi connectivity index (χ4n) is 1.92. The van der Waals surface area contributed by atoms with Crippen LogP contribution in [-0.4, -0.2) is 41.0 Å². The summed E-state index contributed by atoms with van der Waals surface area (Å²) in [6.45, 7) is 4.51. The summed E-state index contributed by atoms with van der Waals surface area (Å²) < 4.78 is 26.6. The van der Waals surface area contributed by atoms with E-state index in [4.69, 9.17) is 12.2 Å². The maximum absolute atomic E-state index is 12.5. The summed E-state index contributed by atoms with van der Waals surface area (Å²) in [4.78, 5) is 4.34. The fraction of sp³-hybridized carbons (Fsp3) is 0.333. The van der Waals surface area contributed by atoms with E-state index >= 15 is 0 Å². The minimum atomic E-state index is -3.47. The first kappa shape index (κ1) is 14.9. The van der Waals surface area contributed by atoms with Crippen molar-refractivity contribution in [3.05, 3.63) is 29.0 Å². The van der Waals surface area contributed by atoms with E-state index in [2.05, 4.69) is 15.2 Å². The molecule has 1 aromatic carbocycles. The first-order valence-electron chi connectivity index (χ1n) is 6.24. The Bertz CT molecular complexity index is 745. The molecular formula is C12H16N4O2S2. The molecule has 0 saturated heterocycles. The van der Waals surface area contributed by atoms with Gasteiger partial charge in [0, 0.05) is 18.7 Å². The van der Waals surface area contributed by atoms with Gasteiger partial charge >= 0.3 is 0 Å². The summed E-state index contributed by atoms with van der Waals surface area (Å²) in [6.07, 6.45) is 0. The molecule has 8 heteroatoms. The molecule has 0 aliphatic heterocycles. The third-order valence-corrected chi connectivity index (χ3v) is 5.19. The molecule has 20 heavy (non-hydrogen) atoms. The van der Waals surface area contributed by atoms with Crippen molar-refractivity contribution in [3.8, 4) is 11.4 Å². The van der Waals surface area contributed by atoms with Crippen molar-refractivity contribution < 1.29 is 8.42 Å². The maximum Gasteiger partial charge on any atom is 0.243 e. The fourth-order valence-corrected chi connectivity index (χ4v) is 3.57. The van der Waals surface area contributed by atoms with Gasteiger partial charge in [-0.2, -0.15) is 9.29 Å². The second-order valence-electron chi connectivity index (χ2n) is 4.13. The van der Waals surface area contributed by atoms with Crippen molar-refractivity contribution in [3.63, 3.8) is 0 Å². The number of hydrogen-bond donors (Lipinski definition) is 2. The van der Waals surface area contributed by atoms with E-state index in [0.29, 0.717) is 29.2 Å². The maximum atomic E-state index is 12.5. The van der Waals surface area contributed by atoms with Crippen LogP contribution < -0.4 is 0 Å². The molecule has 1 aromatic heterocycles. The third kappa shape index (κ3) is 2.82. The standard InChI is InChI=1S/C12H16N4O2S2/c1-3-16(4-2)20(17,18)10-7-5-6-9(8-10)11-13-12(19)15-14-11/h5-8H,3-4H2,1-2H3,(H2,13,14,15,19). The summed E-state index contributed by atoms with van der Waals surface area (Å²) in [6, 6.07) is 6.65. The van der Waals surface area contributed by atoms with Crippen LogP contribution in [0.1, 0.15) is 13.8 Å². The molecule has 2 N–H and O–H groups in total. The zero-order valence-corrected chi connectivity index (χ0v) is 12.9. The van der Waals surface area contributed by atoms with Crippen molar-refractivity contribution in [2.45, 2.75) is 18.7 Å². The molecule has 0 spiro atoms. The molecule has 6 nitrogen and oxygen atoms in total. The predicted octanol–water partition coefficient (Wildman–Crippen LogP) is 2.16. The summed E-state index contributed by atoms with van der Waals surface area (Å²) in [7, 11) is -3.47. The number of aromatic amines is 2. The molecule has 0 aliphatic rings. The van der Waals surface area contributed by atoms with E-state index < -0.39 is 10.0 Å². The number of H-pyrrole nitrogens is 2. The van der Waals surface area contributed by atoms with Crippen LogP contribution in [0, 0.1) is 4.77 Å². The minimum Gasteiger partial charge on any atom is -0.282 e. The molecule has 0 amide bonds. The molecular weight excluding hydrogens is 296 g/mol. The quantitative estimate of drug-likeness (QED) is 0.829. The highest BCUT2D eigenvalue weighted by atomic mass is 32.2. The molecule has 2 aromatic rings. The van der Waals surface area contributed by atoms with Gasteiger partial charge in [0.15, 0.2) is 5.82 Å². The van der Waals surface area contributed by atoms with Gasteiger partial charge in [0.1, 0.15) is 0 Å². The zero-order chi connectivity index (χ0) is 14.8. The normalized spacial score (nSPS) is 11.9. The van der Waals surface area contributed by atoms with E-state index in [0.717, 1.165) is 0 Å². The molecule has 0 aliphatic carbocycles. The van der Waals surface area contributed by atoms with Crippen molar-refractivity contribution >= 4 is 22.2 Å². The van der Waals surface area contributed by atoms with Crippen molar-refractivity contribution in [2.24, 2.45) is 0 Å². The first-order chi connectivity index (χ1) is 9.48. The van der Waals surface area contributed by atoms with Crippen LogP contribution >= 0.6 is 12.2 Å². The van der Waals surface area contributed by atoms with Crippen molar-refractivity contribution in [1.82, 2.24) is 19.5 Å². The Kier molecular flexibility index (Phi) is 4.36. The monoisotopic (exact) mass is 312 g/mol. The lowest BCUT2D eigenvalue weighted by Gasteiger charge is -2.18. The Morgan fingerprint density at radius 1 is 1.25 bits per heavy atom. The molecule has 0 saturated carbocycles. The number of nitrogens with one attached hydrogen (secondary N) is 2. The summed E-state index contributed by atoms with van der Waals surface area (Å²) >= 11 is 4.89. The lowest BCUT2D eigenvalue weighted by Crippen LogP contribution is -2.30. The van der Waals surface area contributed by atoms with Crippen LogP contribution in [0.2, 0.25) is 0 Å². The third-order valence-electron chi connectivity index (χ3n) is 2.95. The van der Waals surface area contributed by atoms with E-state index in [1.807, 2.05) is 13.8 Å². The minimum absolute atomic E-state index is 0.251. The van der Waals surface area contributed by atoms with Crippen LogP contribution in [0.5, 0.6) is 0 Å². The van der Waals surface area contributed by atoms with Gasteiger partial charge in [0.2, 0.25) is 14.8 Å². The second kappa shape index (κ2) is 5.86. The summed E-state index contributed by atoms with van der Waals surface area (Å²) in [5, 5.41) is 5.50. The molecule has 1 heterocycles. The number of nitrogens with zero attached hydrogens (tertiary/aromatic N) is 2. The second-order valence-corrected chi connectivity index (χ2v) is 6.46. The predicted molar refractivity (Wildman–Crippen MR) is 79.3 cm³/mol. The molecule has 0 fully saturated rings. The Hall–Kier alpha value is -1.51. The number of benzene rings is 1. The lowest BCUT2D eigenvalue weighted by molar-refractivity contribution is 0.445. The van der Waals surface area contributed by atoms with E-state index in [1.54, 1.807) is 24.3 Å². The number of aromatic nitrogens is 3. The SMILES string of the molecule is CCN(CC)S(=O)(=O)c1cccc(-c2nc(=S)[nH][nH]2)c1. The Labute approximate surface area is 122 Å². The van der Waals surface area contributed by atoms with E-state index in [-0.39, 0.29) is 4.90 Å². The highest BCUT2D eigenvalue weighted by Gasteiger charge is 2.21. The summed E-state index contributed by atoms with van der Waals surface area (Å²) in [5.41, 5.74) is 0.672. The van der Waals surface area contributed by atoms with Gasteiger partial charge in [-0.1, -0.05) is 26.0 Å². The van der Waals surface area contributed by atoms with E-state index in [1.165, 1.54) is 4.31 Å². The van der Waals surface area contributed by atoms with Crippen LogP contribution in [0.3, 0.4) is 0 Å². The molecule has 2 rings (SSSR count). The average Bonchev–Trinajstić information content (AvgIpc) is 2.87. The smallest absolute Gasteiger partial charge is 0.243 e. The van der Waals surface area contributed by atoms with Crippen LogP contribution in [0.25, 0.3) is 11.4 Å². The highest BCUT2D eigenvalue weighted by Crippen LogP contribution is 2.21. The average molecular weight is 312 g/mol. The Morgan fingerprint density at radius 2 is 1.95 bits per heavy atom. The van der Waals surface area contributed by atoms with E-state index in [9.17, 15) is 8.42 Å². The number of sulfonamides is 1. The van der Waals surface area contributed by atoms with Gasteiger partial charge in [0.05, 0.1) is 4.90 Å².